The van der Waals surface area contributed by atoms with E-state index in [1.807, 2.05) is 32.9 Å². The van der Waals surface area contributed by atoms with Crippen LogP contribution in [0.1, 0.15) is 50.2 Å². The number of carbonyl (C=O) groups is 2. The van der Waals surface area contributed by atoms with Gasteiger partial charge in [-0.25, -0.2) is 9.69 Å². The molecule has 4 unspecified atom stereocenters. The van der Waals surface area contributed by atoms with Crippen molar-refractivity contribution in [2.24, 2.45) is 5.92 Å². The Kier molecular flexibility index (Phi) is 2.37. The third-order valence-electron chi connectivity index (χ3n) is 4.93. The topological polar surface area (TPSA) is 46.6 Å². The highest BCUT2D eigenvalue weighted by Gasteiger charge is 2.66. The van der Waals surface area contributed by atoms with Crippen molar-refractivity contribution in [3.05, 3.63) is 35.4 Å². The van der Waals surface area contributed by atoms with Gasteiger partial charge in [-0.05, 0) is 44.2 Å². The Morgan fingerprint density at radius 1 is 1.19 bits per heavy atom. The van der Waals surface area contributed by atoms with Crippen LogP contribution in [-0.2, 0) is 9.53 Å². The Balaban J connectivity index is 1.64. The highest BCUT2D eigenvalue weighted by atomic mass is 16.6. The second-order valence-corrected chi connectivity index (χ2v) is 7.28. The number of fused-ring (bicyclic) bond motifs is 8. The summed E-state index contributed by atoms with van der Waals surface area (Å²) in [6, 6.07) is 8.33. The molecular weight excluding hydrogens is 266 g/mol. The lowest BCUT2D eigenvalue weighted by atomic mass is 9.73. The first-order valence-electron chi connectivity index (χ1n) is 7.53. The van der Waals surface area contributed by atoms with Crippen molar-refractivity contribution in [2.45, 2.75) is 50.7 Å². The maximum atomic E-state index is 12.4. The number of nitrogens with zero attached hydrogens (tertiary/aromatic N) is 1. The van der Waals surface area contributed by atoms with E-state index in [0.717, 1.165) is 6.42 Å². The van der Waals surface area contributed by atoms with Crippen LogP contribution >= 0.6 is 0 Å². The first-order valence-corrected chi connectivity index (χ1v) is 7.53. The summed E-state index contributed by atoms with van der Waals surface area (Å²) in [7, 11) is 0. The molecule has 4 heteroatoms. The highest BCUT2D eigenvalue weighted by molar-refractivity contribution is 6.01. The Hall–Kier alpha value is -1.84. The SMILES string of the molecule is CC(C)(C)OC(=O)N1C(=O)C2C3CC(c4ccccc43)C21. The van der Waals surface area contributed by atoms with Gasteiger partial charge in [-0.1, -0.05) is 24.3 Å². The van der Waals surface area contributed by atoms with Crippen LogP contribution in [0.5, 0.6) is 0 Å². The largest absolute Gasteiger partial charge is 0.443 e. The summed E-state index contributed by atoms with van der Waals surface area (Å²) < 4.78 is 5.38. The lowest BCUT2D eigenvalue weighted by Gasteiger charge is -2.48. The predicted octanol–water partition coefficient (Wildman–Crippen LogP) is 3.03. The molecule has 4 nitrogen and oxygen atoms in total. The summed E-state index contributed by atoms with van der Waals surface area (Å²) in [5, 5.41) is 0. The minimum absolute atomic E-state index is 0.00671. The Morgan fingerprint density at radius 2 is 1.81 bits per heavy atom. The van der Waals surface area contributed by atoms with Crippen LogP contribution in [0.4, 0.5) is 4.79 Å². The van der Waals surface area contributed by atoms with Crippen LogP contribution in [0.15, 0.2) is 24.3 Å². The number of hydrogen-bond donors (Lipinski definition) is 0. The molecule has 1 aromatic rings. The maximum Gasteiger partial charge on any atom is 0.417 e. The number of β-lactam (4-membered cyclic amide) rings is 1. The van der Waals surface area contributed by atoms with Crippen molar-refractivity contribution in [3.63, 3.8) is 0 Å². The van der Waals surface area contributed by atoms with Crippen LogP contribution in [-0.4, -0.2) is 28.5 Å². The van der Waals surface area contributed by atoms with Gasteiger partial charge in [0.25, 0.3) is 0 Å². The fraction of sp³-hybridized carbons (Fsp3) is 0.529. The van der Waals surface area contributed by atoms with Crippen molar-refractivity contribution in [1.82, 2.24) is 4.90 Å². The lowest BCUT2D eigenvalue weighted by Crippen LogP contribution is -2.65. The van der Waals surface area contributed by atoms with E-state index in [0.29, 0.717) is 11.8 Å². The quantitative estimate of drug-likeness (QED) is 0.688. The summed E-state index contributed by atoms with van der Waals surface area (Å²) in [5.74, 6) is 0.512. The fourth-order valence-corrected chi connectivity index (χ4v) is 4.27. The molecule has 0 N–H and O–H groups in total. The Bertz CT molecular complexity index is 646. The average Bonchev–Trinajstić information content (AvgIpc) is 2.89. The van der Waals surface area contributed by atoms with Gasteiger partial charge >= 0.3 is 6.09 Å². The molecule has 1 saturated carbocycles. The van der Waals surface area contributed by atoms with E-state index >= 15 is 0 Å². The van der Waals surface area contributed by atoms with Crippen LogP contribution in [0.25, 0.3) is 0 Å². The van der Waals surface area contributed by atoms with E-state index in [9.17, 15) is 9.59 Å². The molecule has 2 amide bonds. The van der Waals surface area contributed by atoms with Gasteiger partial charge in [0.2, 0.25) is 5.91 Å². The molecular formula is C17H19NO3. The Labute approximate surface area is 124 Å². The summed E-state index contributed by atoms with van der Waals surface area (Å²) >= 11 is 0. The number of hydrogen-bond acceptors (Lipinski definition) is 3. The lowest BCUT2D eigenvalue weighted by molar-refractivity contribution is -0.153. The zero-order chi connectivity index (χ0) is 14.9. The maximum absolute atomic E-state index is 12.4. The zero-order valence-corrected chi connectivity index (χ0v) is 12.5. The van der Waals surface area contributed by atoms with Crippen LogP contribution in [0.3, 0.4) is 0 Å². The summed E-state index contributed by atoms with van der Waals surface area (Å²) in [5.41, 5.74) is 2.04. The molecule has 0 radical (unpaired) electrons. The van der Waals surface area contributed by atoms with Gasteiger partial charge in [-0.2, -0.15) is 0 Å². The third-order valence-corrected chi connectivity index (χ3v) is 4.93. The molecule has 1 aromatic carbocycles. The normalized spacial score (nSPS) is 32.5. The van der Waals surface area contributed by atoms with E-state index in [4.69, 9.17) is 4.74 Å². The summed E-state index contributed by atoms with van der Waals surface area (Å²) in [6.45, 7) is 5.47. The van der Waals surface area contributed by atoms with Gasteiger partial charge in [0.1, 0.15) is 5.60 Å². The number of benzene rings is 1. The zero-order valence-electron chi connectivity index (χ0n) is 12.5. The van der Waals surface area contributed by atoms with Crippen LogP contribution in [0, 0.1) is 5.92 Å². The number of carbonyl (C=O) groups excluding carboxylic acids is 2. The second kappa shape index (κ2) is 3.87. The highest BCUT2D eigenvalue weighted by Crippen LogP contribution is 2.62. The molecule has 1 heterocycles. The molecule has 2 fully saturated rings. The standard InChI is InChI=1S/C17H19NO3/c1-17(2,3)21-16(20)18-14-12-8-11(13(14)15(18)19)9-6-4-5-7-10(9)12/h4-7,11-14H,8H2,1-3H3. The molecule has 4 atom stereocenters. The minimum atomic E-state index is -0.571. The molecule has 0 aromatic heterocycles. The molecule has 110 valence electrons. The predicted molar refractivity (Wildman–Crippen MR) is 76.9 cm³/mol. The molecule has 2 aliphatic carbocycles. The van der Waals surface area contributed by atoms with Crippen molar-refractivity contribution >= 4 is 12.0 Å². The summed E-state index contributed by atoms with van der Waals surface area (Å²) in [4.78, 5) is 26.0. The molecule has 4 rings (SSSR count). The van der Waals surface area contributed by atoms with Crippen molar-refractivity contribution < 1.29 is 14.3 Å². The molecule has 3 aliphatic rings. The monoisotopic (exact) mass is 285 g/mol. The van der Waals surface area contributed by atoms with E-state index in [2.05, 4.69) is 12.1 Å². The van der Waals surface area contributed by atoms with E-state index in [1.54, 1.807) is 0 Å². The van der Waals surface area contributed by atoms with Crippen molar-refractivity contribution in [3.8, 4) is 0 Å². The van der Waals surface area contributed by atoms with Gasteiger partial charge in [-0.3, -0.25) is 4.79 Å². The van der Waals surface area contributed by atoms with Crippen LogP contribution < -0.4 is 0 Å². The first-order chi connectivity index (χ1) is 9.88. The third kappa shape index (κ3) is 1.62. The fourth-order valence-electron chi connectivity index (χ4n) is 4.27. The minimum Gasteiger partial charge on any atom is -0.443 e. The number of rotatable bonds is 0. The molecule has 21 heavy (non-hydrogen) atoms. The molecule has 2 bridgehead atoms. The van der Waals surface area contributed by atoms with Crippen molar-refractivity contribution in [1.29, 1.82) is 0 Å². The Morgan fingerprint density at radius 3 is 2.43 bits per heavy atom. The summed E-state index contributed by atoms with van der Waals surface area (Å²) in [6.07, 6.45) is 0.499. The second-order valence-electron chi connectivity index (χ2n) is 7.28. The van der Waals surface area contributed by atoms with Gasteiger partial charge < -0.3 is 4.74 Å². The van der Waals surface area contributed by atoms with E-state index < -0.39 is 11.7 Å². The molecule has 0 spiro atoms. The molecule has 1 saturated heterocycles. The van der Waals surface area contributed by atoms with Gasteiger partial charge in [0, 0.05) is 5.92 Å². The van der Waals surface area contributed by atoms with Gasteiger partial charge in [0.05, 0.1) is 12.0 Å². The smallest absolute Gasteiger partial charge is 0.417 e. The molecule has 1 aliphatic heterocycles. The van der Waals surface area contributed by atoms with Crippen LogP contribution in [0.2, 0.25) is 0 Å². The number of imide groups is 1. The van der Waals surface area contributed by atoms with Gasteiger partial charge in [0.15, 0.2) is 0 Å². The van der Waals surface area contributed by atoms with Crippen molar-refractivity contribution in [2.75, 3.05) is 0 Å². The average molecular weight is 285 g/mol. The first kappa shape index (κ1) is 12.9. The van der Waals surface area contributed by atoms with E-state index in [-0.39, 0.29) is 17.9 Å². The van der Waals surface area contributed by atoms with Gasteiger partial charge in [-0.15, -0.1) is 0 Å². The van der Waals surface area contributed by atoms with E-state index in [1.165, 1.54) is 16.0 Å². The number of likely N-dealkylation sites (tertiary alicyclic amines) is 1. The number of amides is 2. The number of ether oxygens (including phenoxy) is 1.